The summed E-state index contributed by atoms with van der Waals surface area (Å²) < 4.78 is 2.53. The van der Waals surface area contributed by atoms with Crippen molar-refractivity contribution in [1.29, 1.82) is 0 Å². The van der Waals surface area contributed by atoms with Crippen LogP contribution in [0, 0.1) is 12.3 Å². The van der Waals surface area contributed by atoms with Gasteiger partial charge in [-0.1, -0.05) is 67.0 Å². The number of fused-ring (bicyclic) bond motifs is 1. The summed E-state index contributed by atoms with van der Waals surface area (Å²) in [5.41, 5.74) is 10.9. The highest BCUT2D eigenvalue weighted by molar-refractivity contribution is 5.94. The van der Waals surface area contributed by atoms with E-state index in [0.29, 0.717) is 5.92 Å². The van der Waals surface area contributed by atoms with Crippen LogP contribution in [0.1, 0.15) is 103 Å². The fraction of sp³-hybridized carbons (Fsp3) is 0.516. The van der Waals surface area contributed by atoms with Gasteiger partial charge < -0.3 is 4.57 Å². The molecule has 0 saturated carbocycles. The van der Waals surface area contributed by atoms with E-state index in [1.54, 1.807) is 0 Å². The Balaban J connectivity index is 2.40. The lowest BCUT2D eigenvalue weighted by molar-refractivity contribution is 0.412. The summed E-state index contributed by atoms with van der Waals surface area (Å²) in [7, 11) is 0. The van der Waals surface area contributed by atoms with Crippen molar-refractivity contribution in [3.05, 3.63) is 58.9 Å². The van der Waals surface area contributed by atoms with Gasteiger partial charge in [0.2, 0.25) is 0 Å². The number of allylic oxidation sites excluding steroid dienone is 2. The normalized spacial score (nSPS) is 12.8. The van der Waals surface area contributed by atoms with Crippen molar-refractivity contribution < 1.29 is 0 Å². The lowest BCUT2D eigenvalue weighted by Crippen LogP contribution is -2.11. The largest absolute Gasteiger partial charge is 0.340 e. The molecule has 0 spiro atoms. The van der Waals surface area contributed by atoms with E-state index in [4.69, 9.17) is 4.98 Å². The second-order valence-corrected chi connectivity index (χ2v) is 11.0. The van der Waals surface area contributed by atoms with Crippen molar-refractivity contribution in [3.8, 4) is 11.3 Å². The van der Waals surface area contributed by atoms with Crippen LogP contribution < -0.4 is 0 Å². The first-order chi connectivity index (χ1) is 15.6. The predicted molar refractivity (Wildman–Crippen MR) is 146 cm³/mol. The van der Waals surface area contributed by atoms with Crippen LogP contribution in [-0.4, -0.2) is 9.55 Å². The third kappa shape index (κ3) is 5.42. The number of nitrogens with zero attached hydrogens (tertiary/aromatic N) is 2. The van der Waals surface area contributed by atoms with Crippen molar-refractivity contribution in [2.75, 3.05) is 0 Å². The minimum absolute atomic E-state index is 0.193. The smallest absolute Gasteiger partial charge is 0.0542 e. The lowest BCUT2D eigenvalue weighted by atomic mass is 9.85. The van der Waals surface area contributed by atoms with E-state index >= 15 is 0 Å². The van der Waals surface area contributed by atoms with Gasteiger partial charge in [0.15, 0.2) is 0 Å². The van der Waals surface area contributed by atoms with Crippen LogP contribution in [0.15, 0.2) is 36.5 Å². The summed E-state index contributed by atoms with van der Waals surface area (Å²) in [6.45, 7) is 21.5. The van der Waals surface area contributed by atoms with Gasteiger partial charge >= 0.3 is 0 Å². The molecule has 0 aliphatic rings. The number of pyridine rings is 1. The number of rotatable bonds is 8. The Kier molecular flexibility index (Phi) is 7.88. The molecule has 0 bridgehead atoms. The van der Waals surface area contributed by atoms with E-state index in [9.17, 15) is 0 Å². The average Bonchev–Trinajstić information content (AvgIpc) is 3.05. The molecule has 0 saturated heterocycles. The molecule has 178 valence electrons. The second-order valence-electron chi connectivity index (χ2n) is 11.0. The predicted octanol–water partition coefficient (Wildman–Crippen LogP) is 9.34. The van der Waals surface area contributed by atoms with Crippen molar-refractivity contribution in [2.24, 2.45) is 5.41 Å². The third-order valence-electron chi connectivity index (χ3n) is 6.48. The molecule has 0 N–H and O–H groups in total. The number of hydrogen-bond acceptors (Lipinski definition) is 1. The van der Waals surface area contributed by atoms with E-state index in [0.717, 1.165) is 25.8 Å². The second kappa shape index (κ2) is 10.3. The van der Waals surface area contributed by atoms with Gasteiger partial charge in [-0.3, -0.25) is 4.98 Å². The first-order valence-corrected chi connectivity index (χ1v) is 12.9. The van der Waals surface area contributed by atoms with E-state index < -0.39 is 0 Å². The summed E-state index contributed by atoms with van der Waals surface area (Å²) in [6.07, 6.45) is 8.90. The minimum atomic E-state index is 0.193. The Morgan fingerprint density at radius 2 is 1.82 bits per heavy atom. The fourth-order valence-corrected chi connectivity index (χ4v) is 4.98. The van der Waals surface area contributed by atoms with Gasteiger partial charge in [-0.15, -0.1) is 0 Å². The maximum Gasteiger partial charge on any atom is 0.0542 e. The van der Waals surface area contributed by atoms with Crippen LogP contribution in [0.5, 0.6) is 0 Å². The Hall–Kier alpha value is -2.35. The Morgan fingerprint density at radius 1 is 1.09 bits per heavy atom. The topological polar surface area (TPSA) is 17.8 Å². The van der Waals surface area contributed by atoms with Crippen LogP contribution in [0.4, 0.5) is 0 Å². The zero-order valence-corrected chi connectivity index (χ0v) is 22.5. The molecule has 3 aromatic rings. The Bertz CT molecular complexity index is 1140. The van der Waals surface area contributed by atoms with Gasteiger partial charge in [0.25, 0.3) is 0 Å². The van der Waals surface area contributed by atoms with Crippen molar-refractivity contribution in [2.45, 2.75) is 100 Å². The van der Waals surface area contributed by atoms with Gasteiger partial charge in [-0.05, 0) is 84.9 Å². The molecule has 0 amide bonds. The molecule has 2 heterocycles. The molecule has 0 fully saturated rings. The number of benzene rings is 1. The fourth-order valence-electron chi connectivity index (χ4n) is 4.98. The van der Waals surface area contributed by atoms with Crippen molar-refractivity contribution in [3.63, 3.8) is 0 Å². The molecule has 1 aromatic carbocycles. The Labute approximate surface area is 202 Å². The Morgan fingerprint density at radius 3 is 2.39 bits per heavy atom. The molecular formula is C31H44N2. The van der Waals surface area contributed by atoms with Crippen LogP contribution in [0.3, 0.4) is 0 Å². The molecule has 33 heavy (non-hydrogen) atoms. The van der Waals surface area contributed by atoms with Crippen molar-refractivity contribution in [1.82, 2.24) is 9.55 Å². The van der Waals surface area contributed by atoms with Crippen LogP contribution in [0.25, 0.3) is 27.7 Å². The third-order valence-corrected chi connectivity index (χ3v) is 6.48. The van der Waals surface area contributed by atoms with E-state index in [-0.39, 0.29) is 5.41 Å². The highest BCUT2D eigenvalue weighted by atomic mass is 15.0. The summed E-state index contributed by atoms with van der Waals surface area (Å²) in [5, 5.41) is 1.41. The summed E-state index contributed by atoms with van der Waals surface area (Å²) in [6, 6.07) is 9.52. The molecule has 2 nitrogen and oxygen atoms in total. The standard InChI is InChI=1S/C31H44N2/c1-10-13-14-23(11-2)24-15-16-28-25(18-24)27(19-31(7,8)9)30(33(28)12-3)26-17-22(6)20-32-29(26)21(4)5/h14-18,20-21H,10-13,19H2,1-9H3/b23-14+. The highest BCUT2D eigenvalue weighted by Crippen LogP contribution is 2.41. The molecule has 2 heteroatoms. The van der Waals surface area contributed by atoms with Gasteiger partial charge in [0.05, 0.1) is 11.4 Å². The van der Waals surface area contributed by atoms with E-state index in [1.165, 1.54) is 56.5 Å². The molecule has 0 aliphatic heterocycles. The summed E-state index contributed by atoms with van der Waals surface area (Å²) in [4.78, 5) is 4.91. The maximum atomic E-state index is 4.91. The highest BCUT2D eigenvalue weighted by Gasteiger charge is 2.25. The zero-order chi connectivity index (χ0) is 24.3. The first-order valence-electron chi connectivity index (χ1n) is 12.9. The monoisotopic (exact) mass is 444 g/mol. The van der Waals surface area contributed by atoms with E-state index in [2.05, 4.69) is 97.2 Å². The lowest BCUT2D eigenvalue weighted by Gasteiger charge is -2.21. The number of unbranched alkanes of at least 4 members (excludes halogenated alkanes) is 1. The van der Waals surface area contributed by atoms with E-state index in [1.807, 2.05) is 6.20 Å². The van der Waals surface area contributed by atoms with Gasteiger partial charge in [-0.2, -0.15) is 0 Å². The molecule has 0 aliphatic carbocycles. The molecule has 0 atom stereocenters. The van der Waals surface area contributed by atoms with Gasteiger partial charge in [0, 0.05) is 29.2 Å². The molecule has 3 rings (SSSR count). The number of aromatic nitrogens is 2. The van der Waals surface area contributed by atoms with Gasteiger partial charge in [-0.25, -0.2) is 0 Å². The van der Waals surface area contributed by atoms with Crippen LogP contribution >= 0.6 is 0 Å². The minimum Gasteiger partial charge on any atom is -0.340 e. The summed E-state index contributed by atoms with van der Waals surface area (Å²) in [5.74, 6) is 0.380. The zero-order valence-electron chi connectivity index (χ0n) is 22.5. The first kappa shape index (κ1) is 25.3. The van der Waals surface area contributed by atoms with Crippen molar-refractivity contribution >= 4 is 16.5 Å². The number of hydrogen-bond donors (Lipinski definition) is 0. The molecular weight excluding hydrogens is 400 g/mol. The summed E-state index contributed by atoms with van der Waals surface area (Å²) >= 11 is 0. The maximum absolute atomic E-state index is 4.91. The molecule has 0 radical (unpaired) electrons. The van der Waals surface area contributed by atoms with Crippen LogP contribution in [0.2, 0.25) is 0 Å². The molecule has 0 unspecified atom stereocenters. The quantitative estimate of drug-likeness (QED) is 0.338. The van der Waals surface area contributed by atoms with Gasteiger partial charge in [0.1, 0.15) is 0 Å². The SMILES string of the molecule is CCC/C=C(\CC)c1ccc2c(c1)c(CC(C)(C)C)c(-c1cc(C)cnc1C(C)C)n2CC. The molecule has 2 aromatic heterocycles. The number of aryl methyl sites for hydroxylation is 2. The van der Waals surface area contributed by atoms with Crippen LogP contribution in [-0.2, 0) is 13.0 Å². The average molecular weight is 445 g/mol.